The van der Waals surface area contributed by atoms with Crippen LogP contribution in [0.4, 0.5) is 0 Å². The van der Waals surface area contributed by atoms with E-state index in [1.54, 1.807) is 0 Å². The SMILES string of the molecule is Cc1cc(CN[C@H](C)c2cccs2)c(C)n1C. The van der Waals surface area contributed by atoms with E-state index in [2.05, 4.69) is 61.3 Å². The first kappa shape index (κ1) is 12.4. The molecule has 0 aromatic carbocycles. The summed E-state index contributed by atoms with van der Waals surface area (Å²) in [5.41, 5.74) is 4.07. The molecule has 0 aliphatic carbocycles. The molecule has 0 bridgehead atoms. The third-order valence-corrected chi connectivity index (χ3v) is 4.50. The molecule has 0 saturated heterocycles. The average Bonchev–Trinajstić information content (AvgIpc) is 2.91. The minimum absolute atomic E-state index is 0.426. The predicted molar refractivity (Wildman–Crippen MR) is 74.5 cm³/mol. The fourth-order valence-electron chi connectivity index (χ4n) is 2.01. The Bertz CT molecular complexity index is 483. The number of nitrogens with one attached hydrogen (secondary N) is 1. The predicted octanol–water partition coefficient (Wildman–Crippen LogP) is 3.55. The molecule has 2 heterocycles. The second-order valence-electron chi connectivity index (χ2n) is 4.57. The van der Waals surface area contributed by atoms with Crippen LogP contribution in [0.3, 0.4) is 0 Å². The second kappa shape index (κ2) is 5.07. The van der Waals surface area contributed by atoms with Gasteiger partial charge in [-0.25, -0.2) is 0 Å². The van der Waals surface area contributed by atoms with Gasteiger partial charge in [-0.1, -0.05) is 6.07 Å². The van der Waals surface area contributed by atoms with Gasteiger partial charge in [0.1, 0.15) is 0 Å². The fourth-order valence-corrected chi connectivity index (χ4v) is 2.77. The summed E-state index contributed by atoms with van der Waals surface area (Å²) in [7, 11) is 2.12. The van der Waals surface area contributed by atoms with Crippen molar-refractivity contribution < 1.29 is 0 Å². The molecule has 0 radical (unpaired) electrons. The summed E-state index contributed by atoms with van der Waals surface area (Å²) < 4.78 is 2.24. The Morgan fingerprint density at radius 3 is 2.71 bits per heavy atom. The van der Waals surface area contributed by atoms with Gasteiger partial charge < -0.3 is 9.88 Å². The zero-order valence-corrected chi connectivity index (χ0v) is 11.8. The summed E-state index contributed by atoms with van der Waals surface area (Å²) >= 11 is 1.81. The standard InChI is InChI=1S/C14H20N2S/c1-10-8-13(12(3)16(10)4)9-15-11(2)14-6-5-7-17-14/h5-8,11,15H,9H2,1-4H3/t11-/m1/s1. The van der Waals surface area contributed by atoms with Gasteiger partial charge in [0.05, 0.1) is 0 Å². The van der Waals surface area contributed by atoms with E-state index in [4.69, 9.17) is 0 Å². The van der Waals surface area contributed by atoms with Crippen molar-refractivity contribution in [2.45, 2.75) is 33.4 Å². The topological polar surface area (TPSA) is 17.0 Å². The van der Waals surface area contributed by atoms with E-state index in [-0.39, 0.29) is 0 Å². The molecule has 0 spiro atoms. The number of hydrogen-bond donors (Lipinski definition) is 1. The van der Waals surface area contributed by atoms with Crippen molar-refractivity contribution in [2.24, 2.45) is 7.05 Å². The normalized spacial score (nSPS) is 12.9. The smallest absolute Gasteiger partial charge is 0.0388 e. The lowest BCUT2D eigenvalue weighted by Gasteiger charge is -2.12. The van der Waals surface area contributed by atoms with Crippen molar-refractivity contribution in [3.63, 3.8) is 0 Å². The molecule has 0 saturated carbocycles. The highest BCUT2D eigenvalue weighted by atomic mass is 32.1. The highest BCUT2D eigenvalue weighted by Crippen LogP contribution is 2.19. The highest BCUT2D eigenvalue weighted by Gasteiger charge is 2.09. The maximum Gasteiger partial charge on any atom is 0.0388 e. The largest absolute Gasteiger partial charge is 0.352 e. The third kappa shape index (κ3) is 2.61. The van der Waals surface area contributed by atoms with E-state index in [0.717, 1.165) is 6.54 Å². The van der Waals surface area contributed by atoms with Gasteiger partial charge in [-0.2, -0.15) is 0 Å². The molecule has 1 atom stereocenters. The maximum absolute atomic E-state index is 3.58. The molecule has 3 heteroatoms. The van der Waals surface area contributed by atoms with Crippen LogP contribution < -0.4 is 5.32 Å². The summed E-state index contributed by atoms with van der Waals surface area (Å²) in [6, 6.07) is 6.99. The van der Waals surface area contributed by atoms with Crippen molar-refractivity contribution in [3.8, 4) is 0 Å². The van der Waals surface area contributed by atoms with Crippen LogP contribution in [0.5, 0.6) is 0 Å². The second-order valence-corrected chi connectivity index (χ2v) is 5.55. The van der Waals surface area contributed by atoms with Crippen LogP contribution in [0.2, 0.25) is 0 Å². The Morgan fingerprint density at radius 1 is 1.41 bits per heavy atom. The summed E-state index contributed by atoms with van der Waals surface area (Å²) in [6.45, 7) is 7.49. The molecular formula is C14H20N2S. The van der Waals surface area contributed by atoms with Crippen molar-refractivity contribution in [2.75, 3.05) is 0 Å². The van der Waals surface area contributed by atoms with Crippen LogP contribution >= 0.6 is 11.3 Å². The lowest BCUT2D eigenvalue weighted by Crippen LogP contribution is -2.17. The van der Waals surface area contributed by atoms with E-state index in [1.165, 1.54) is 21.8 Å². The Morgan fingerprint density at radius 2 is 2.18 bits per heavy atom. The number of hydrogen-bond acceptors (Lipinski definition) is 2. The molecule has 0 fully saturated rings. The van der Waals surface area contributed by atoms with E-state index in [1.807, 2.05) is 11.3 Å². The van der Waals surface area contributed by atoms with E-state index in [0.29, 0.717) is 6.04 Å². The van der Waals surface area contributed by atoms with Gasteiger partial charge >= 0.3 is 0 Å². The Labute approximate surface area is 107 Å². The van der Waals surface area contributed by atoms with Gasteiger partial charge in [0, 0.05) is 35.9 Å². The van der Waals surface area contributed by atoms with Gasteiger partial charge in [0.2, 0.25) is 0 Å². The van der Waals surface area contributed by atoms with Gasteiger partial charge in [0.25, 0.3) is 0 Å². The first-order valence-electron chi connectivity index (χ1n) is 5.98. The van der Waals surface area contributed by atoms with Crippen LogP contribution in [0.15, 0.2) is 23.6 Å². The molecular weight excluding hydrogens is 228 g/mol. The number of aromatic nitrogens is 1. The van der Waals surface area contributed by atoms with Crippen LogP contribution in [-0.4, -0.2) is 4.57 Å². The zero-order valence-electron chi connectivity index (χ0n) is 10.9. The maximum atomic E-state index is 3.58. The fraction of sp³-hybridized carbons (Fsp3) is 0.429. The van der Waals surface area contributed by atoms with Crippen LogP contribution in [0.1, 0.15) is 34.8 Å². The molecule has 0 unspecified atom stereocenters. The Balaban J connectivity index is 2.00. The Hall–Kier alpha value is -1.06. The molecule has 2 rings (SSSR count). The number of thiophene rings is 1. The third-order valence-electron chi connectivity index (χ3n) is 3.45. The van der Waals surface area contributed by atoms with Crippen molar-refractivity contribution in [1.82, 2.24) is 9.88 Å². The molecule has 0 aliphatic rings. The van der Waals surface area contributed by atoms with Crippen LogP contribution in [0, 0.1) is 13.8 Å². The summed E-state index contributed by atoms with van der Waals surface area (Å²) in [4.78, 5) is 1.40. The Kier molecular flexibility index (Phi) is 3.69. The molecule has 17 heavy (non-hydrogen) atoms. The van der Waals surface area contributed by atoms with Gasteiger partial charge in [-0.3, -0.25) is 0 Å². The van der Waals surface area contributed by atoms with Gasteiger partial charge in [-0.05, 0) is 43.8 Å². The molecule has 0 aliphatic heterocycles. The number of rotatable bonds is 4. The van der Waals surface area contributed by atoms with Gasteiger partial charge in [0.15, 0.2) is 0 Å². The highest BCUT2D eigenvalue weighted by molar-refractivity contribution is 7.10. The lowest BCUT2D eigenvalue weighted by atomic mass is 10.2. The summed E-state index contributed by atoms with van der Waals surface area (Å²) in [6.07, 6.45) is 0. The van der Waals surface area contributed by atoms with Crippen molar-refractivity contribution >= 4 is 11.3 Å². The number of aryl methyl sites for hydroxylation is 1. The minimum atomic E-state index is 0.426. The summed E-state index contributed by atoms with van der Waals surface area (Å²) in [5.74, 6) is 0. The summed E-state index contributed by atoms with van der Waals surface area (Å²) in [5, 5.41) is 5.71. The quantitative estimate of drug-likeness (QED) is 0.875. The average molecular weight is 248 g/mol. The molecule has 2 aromatic rings. The molecule has 1 N–H and O–H groups in total. The van der Waals surface area contributed by atoms with Crippen LogP contribution in [0.25, 0.3) is 0 Å². The molecule has 2 aromatic heterocycles. The monoisotopic (exact) mass is 248 g/mol. The first-order valence-corrected chi connectivity index (χ1v) is 6.86. The van der Waals surface area contributed by atoms with E-state index < -0.39 is 0 Å². The first-order chi connectivity index (χ1) is 8.09. The van der Waals surface area contributed by atoms with Gasteiger partial charge in [-0.15, -0.1) is 11.3 Å². The zero-order chi connectivity index (χ0) is 12.4. The lowest BCUT2D eigenvalue weighted by molar-refractivity contribution is 0.580. The van der Waals surface area contributed by atoms with E-state index in [9.17, 15) is 0 Å². The number of nitrogens with zero attached hydrogens (tertiary/aromatic N) is 1. The molecule has 92 valence electrons. The van der Waals surface area contributed by atoms with E-state index >= 15 is 0 Å². The van der Waals surface area contributed by atoms with Crippen molar-refractivity contribution in [1.29, 1.82) is 0 Å². The molecule has 2 nitrogen and oxygen atoms in total. The minimum Gasteiger partial charge on any atom is -0.352 e. The molecule has 0 amide bonds. The van der Waals surface area contributed by atoms with Crippen molar-refractivity contribution in [3.05, 3.63) is 45.4 Å². The van der Waals surface area contributed by atoms with Crippen LogP contribution in [-0.2, 0) is 13.6 Å².